The molecule has 0 bridgehead atoms. The van der Waals surface area contributed by atoms with Crippen molar-refractivity contribution in [1.29, 1.82) is 0 Å². The van der Waals surface area contributed by atoms with E-state index in [-0.39, 0.29) is 6.61 Å². The molecule has 1 aliphatic rings. The van der Waals surface area contributed by atoms with Gasteiger partial charge in [-0.2, -0.15) is 0 Å². The second-order valence-corrected chi connectivity index (χ2v) is 11.6. The largest absolute Gasteiger partial charge is 0.477 e. The summed E-state index contributed by atoms with van der Waals surface area (Å²) in [5.74, 6) is -5.55. The maximum atomic E-state index is 12.2. The molecule has 0 saturated carbocycles. The van der Waals surface area contributed by atoms with Crippen LogP contribution in [0.15, 0.2) is 0 Å². The second-order valence-electron chi connectivity index (χ2n) is 11.6. The summed E-state index contributed by atoms with van der Waals surface area (Å²) >= 11 is 0. The van der Waals surface area contributed by atoms with Crippen molar-refractivity contribution in [3.8, 4) is 0 Å². The quantitative estimate of drug-likeness (QED) is 0.0668. The first kappa shape index (κ1) is 39.6. The van der Waals surface area contributed by atoms with Crippen molar-refractivity contribution < 1.29 is 59.5 Å². The van der Waals surface area contributed by atoms with Crippen LogP contribution in [0.1, 0.15) is 104 Å². The summed E-state index contributed by atoms with van der Waals surface area (Å²) in [5, 5.41) is 73.2. The van der Waals surface area contributed by atoms with Gasteiger partial charge in [0.05, 0.1) is 25.9 Å². The molecule has 8 atom stereocenters. The number of carbonyl (C=O) groups excluding carboxylic acids is 1. The first-order chi connectivity index (χ1) is 20.5. The normalized spacial score (nSPS) is 26.1. The predicted octanol–water partition coefficient (Wildman–Crippen LogP) is 0.982. The van der Waals surface area contributed by atoms with Crippen LogP contribution >= 0.6 is 0 Å². The monoisotopic (exact) mass is 623 g/mol. The lowest BCUT2D eigenvalue weighted by molar-refractivity contribution is -0.350. The number of carboxylic acids is 1. The zero-order chi connectivity index (χ0) is 32.3. The number of aliphatic carboxylic acids is 1. The Labute approximate surface area is 255 Å². The highest BCUT2D eigenvalue weighted by molar-refractivity contribution is 5.77. The molecule has 43 heavy (non-hydrogen) atoms. The Morgan fingerprint density at radius 2 is 1.37 bits per heavy atom. The molecule has 1 rings (SSSR count). The van der Waals surface area contributed by atoms with E-state index in [0.29, 0.717) is 6.61 Å². The van der Waals surface area contributed by atoms with Gasteiger partial charge in [0.15, 0.2) is 0 Å². The van der Waals surface area contributed by atoms with Crippen LogP contribution in [-0.4, -0.2) is 123 Å². The predicted molar refractivity (Wildman–Crippen MR) is 157 cm³/mol. The van der Waals surface area contributed by atoms with Crippen molar-refractivity contribution in [2.75, 3.05) is 26.4 Å². The minimum atomic E-state index is -2.97. The first-order valence-electron chi connectivity index (χ1n) is 15.9. The summed E-state index contributed by atoms with van der Waals surface area (Å²) in [7, 11) is 0. The third-order valence-corrected chi connectivity index (χ3v) is 7.77. The maximum Gasteiger partial charge on any atom is 0.367 e. The number of ether oxygens (including phenoxy) is 3. The fourth-order valence-corrected chi connectivity index (χ4v) is 5.22. The molecule has 8 N–H and O–H groups in total. The van der Waals surface area contributed by atoms with Crippen LogP contribution < -0.4 is 5.32 Å². The number of aliphatic hydroxyl groups excluding tert-OH is 6. The van der Waals surface area contributed by atoms with Gasteiger partial charge in [-0.15, -0.1) is 0 Å². The van der Waals surface area contributed by atoms with Gasteiger partial charge in [0, 0.05) is 13.5 Å². The van der Waals surface area contributed by atoms with Crippen molar-refractivity contribution in [2.24, 2.45) is 0 Å². The average molecular weight is 624 g/mol. The Morgan fingerprint density at radius 3 is 1.84 bits per heavy atom. The van der Waals surface area contributed by atoms with Crippen molar-refractivity contribution in [2.45, 2.75) is 152 Å². The number of nitrogens with one attached hydrogen (secondary N) is 1. The lowest BCUT2D eigenvalue weighted by Gasteiger charge is -2.49. The molecule has 0 unspecified atom stereocenters. The number of carboxylic acid groups (broad SMARTS) is 1. The lowest BCUT2D eigenvalue weighted by atomic mass is 9.86. The Hall–Kier alpha value is -1.42. The van der Waals surface area contributed by atoms with Crippen LogP contribution in [-0.2, 0) is 23.8 Å². The summed E-state index contributed by atoms with van der Waals surface area (Å²) in [4.78, 5) is 23.8. The standard InChI is InChI=1S/C30H57NO12/c1-3-4-5-6-7-8-9-10-11-12-13-14-15-16-17-41-19-22(34)20-42-30(29(39)40)28(38)26(37)24(31-21(2)33)27(43-30)25(36)23(35)18-32/h22-28,32,34-38H,3-20H2,1-2H3,(H,31,33)(H,39,40)/t22-,23+,24+,25+,26+,27+,28-,30+/m0/s1. The molecule has 13 nitrogen and oxygen atoms in total. The number of rotatable bonds is 25. The van der Waals surface area contributed by atoms with Gasteiger partial charge in [0.1, 0.15) is 36.6 Å². The molecule has 0 aliphatic carbocycles. The molecule has 0 radical (unpaired) electrons. The van der Waals surface area contributed by atoms with E-state index in [4.69, 9.17) is 14.2 Å². The zero-order valence-electron chi connectivity index (χ0n) is 25.9. The van der Waals surface area contributed by atoms with Gasteiger partial charge in [-0.3, -0.25) is 4.79 Å². The summed E-state index contributed by atoms with van der Waals surface area (Å²) in [6, 6.07) is -1.56. The number of amides is 1. The van der Waals surface area contributed by atoms with Gasteiger partial charge in [-0.05, 0) is 6.42 Å². The highest BCUT2D eigenvalue weighted by atomic mass is 16.7. The first-order valence-corrected chi connectivity index (χ1v) is 15.9. The average Bonchev–Trinajstić information content (AvgIpc) is 2.97. The van der Waals surface area contributed by atoms with Crippen LogP contribution in [0.2, 0.25) is 0 Å². The van der Waals surface area contributed by atoms with E-state index in [9.17, 15) is 45.3 Å². The van der Waals surface area contributed by atoms with Crippen molar-refractivity contribution in [3.63, 3.8) is 0 Å². The van der Waals surface area contributed by atoms with Crippen LogP contribution in [0.5, 0.6) is 0 Å². The van der Waals surface area contributed by atoms with Crippen molar-refractivity contribution in [1.82, 2.24) is 5.32 Å². The number of aliphatic hydroxyl groups is 6. The number of carbonyl (C=O) groups is 2. The molecule has 0 aromatic heterocycles. The SMILES string of the molecule is CCCCCCCCCCCCCCCCOC[C@H](O)CO[C@@]1(C(=O)O)O[C@@H]([C@H](O)[C@H](O)CO)[C@H](NC(C)=O)[C@@H](O)[C@@H]1O. The molecular weight excluding hydrogens is 566 g/mol. The van der Waals surface area contributed by atoms with Gasteiger partial charge in [0.2, 0.25) is 5.91 Å². The fraction of sp³-hybridized carbons (Fsp3) is 0.933. The Bertz CT molecular complexity index is 759. The van der Waals surface area contributed by atoms with E-state index in [1.165, 1.54) is 70.6 Å². The number of hydrogen-bond donors (Lipinski definition) is 8. The van der Waals surface area contributed by atoms with Gasteiger partial charge in [-0.25, -0.2) is 4.79 Å². The van der Waals surface area contributed by atoms with Gasteiger partial charge in [0.25, 0.3) is 5.79 Å². The van der Waals surface area contributed by atoms with Gasteiger partial charge < -0.3 is 55.3 Å². The smallest absolute Gasteiger partial charge is 0.367 e. The van der Waals surface area contributed by atoms with Crippen LogP contribution in [0.3, 0.4) is 0 Å². The van der Waals surface area contributed by atoms with E-state index in [2.05, 4.69) is 12.2 Å². The zero-order valence-corrected chi connectivity index (χ0v) is 25.9. The molecule has 1 aliphatic heterocycles. The number of unbranched alkanes of at least 4 members (excludes halogenated alkanes) is 13. The van der Waals surface area contributed by atoms with Crippen LogP contribution in [0.25, 0.3) is 0 Å². The van der Waals surface area contributed by atoms with E-state index in [1.54, 1.807) is 0 Å². The minimum Gasteiger partial charge on any atom is -0.477 e. The Balaban J connectivity index is 2.41. The fourth-order valence-electron chi connectivity index (χ4n) is 5.22. The maximum absolute atomic E-state index is 12.2. The summed E-state index contributed by atoms with van der Waals surface area (Å²) < 4.78 is 16.1. The van der Waals surface area contributed by atoms with E-state index >= 15 is 0 Å². The Morgan fingerprint density at radius 1 is 0.860 bits per heavy atom. The highest BCUT2D eigenvalue weighted by Crippen LogP contribution is 2.34. The van der Waals surface area contributed by atoms with Gasteiger partial charge >= 0.3 is 5.97 Å². The third-order valence-electron chi connectivity index (χ3n) is 7.77. The van der Waals surface area contributed by atoms with E-state index in [0.717, 1.165) is 26.2 Å². The molecule has 1 fully saturated rings. The van der Waals surface area contributed by atoms with Crippen LogP contribution in [0.4, 0.5) is 0 Å². The topological polar surface area (TPSA) is 215 Å². The summed E-state index contributed by atoms with van der Waals surface area (Å²) in [5.41, 5.74) is 0. The van der Waals surface area contributed by atoms with Crippen molar-refractivity contribution in [3.05, 3.63) is 0 Å². The number of hydrogen-bond acceptors (Lipinski definition) is 11. The molecule has 13 heteroatoms. The molecule has 0 aromatic carbocycles. The third kappa shape index (κ3) is 14.0. The molecule has 0 spiro atoms. The lowest BCUT2D eigenvalue weighted by Crippen LogP contribution is -2.74. The molecule has 1 heterocycles. The molecule has 254 valence electrons. The summed E-state index contributed by atoms with van der Waals surface area (Å²) in [6.45, 7) is 1.90. The molecule has 1 amide bonds. The van der Waals surface area contributed by atoms with Crippen molar-refractivity contribution >= 4 is 11.9 Å². The second kappa shape index (κ2) is 22.1. The molecule has 1 saturated heterocycles. The van der Waals surface area contributed by atoms with Crippen LogP contribution in [0, 0.1) is 0 Å². The summed E-state index contributed by atoms with van der Waals surface area (Å²) in [6.07, 6.45) is 5.97. The Kier molecular flexibility index (Phi) is 20.4. The van der Waals surface area contributed by atoms with E-state index in [1.807, 2.05) is 0 Å². The van der Waals surface area contributed by atoms with E-state index < -0.39 is 73.5 Å². The molecular formula is C30H57NO12. The highest BCUT2D eigenvalue weighted by Gasteiger charge is 2.62. The molecule has 0 aromatic rings. The minimum absolute atomic E-state index is 0.184. The van der Waals surface area contributed by atoms with Gasteiger partial charge in [-0.1, -0.05) is 90.4 Å².